The van der Waals surface area contributed by atoms with E-state index in [1.165, 1.54) is 27.7 Å². The van der Waals surface area contributed by atoms with Gasteiger partial charge in [0.25, 0.3) is 0 Å². The molecule has 0 aliphatic rings. The molecule has 17 heavy (non-hydrogen) atoms. The van der Waals surface area contributed by atoms with E-state index in [2.05, 4.69) is 43.7 Å². The Morgan fingerprint density at radius 2 is 2.06 bits per heavy atom. The summed E-state index contributed by atoms with van der Waals surface area (Å²) in [6.45, 7) is 5.20. The molecule has 0 bridgehead atoms. The predicted octanol–water partition coefficient (Wildman–Crippen LogP) is 2.94. The van der Waals surface area contributed by atoms with E-state index in [1.54, 1.807) is 0 Å². The standard InChI is InChI=1S/C15H22N2/c1-4-12-7-5-8-14-13(9-6-10-16)11(2)17(3)15(12)14/h5,7-8H,4,6,9-10,16H2,1-3H3. The van der Waals surface area contributed by atoms with E-state index in [9.17, 15) is 0 Å². The molecule has 0 aliphatic carbocycles. The molecule has 0 saturated carbocycles. The van der Waals surface area contributed by atoms with E-state index in [0.29, 0.717) is 0 Å². The van der Waals surface area contributed by atoms with Crippen LogP contribution in [0.4, 0.5) is 0 Å². The first-order chi connectivity index (χ1) is 8.20. The monoisotopic (exact) mass is 230 g/mol. The molecular weight excluding hydrogens is 208 g/mol. The molecule has 2 aromatic rings. The van der Waals surface area contributed by atoms with Crippen molar-refractivity contribution in [1.82, 2.24) is 4.57 Å². The lowest BCUT2D eigenvalue weighted by Crippen LogP contribution is -2.01. The van der Waals surface area contributed by atoms with Gasteiger partial charge in [0.2, 0.25) is 0 Å². The van der Waals surface area contributed by atoms with Gasteiger partial charge < -0.3 is 10.3 Å². The first-order valence-corrected chi connectivity index (χ1v) is 6.46. The fourth-order valence-electron chi connectivity index (χ4n) is 2.68. The molecule has 0 radical (unpaired) electrons. The normalized spacial score (nSPS) is 11.3. The van der Waals surface area contributed by atoms with Gasteiger partial charge in [-0.1, -0.05) is 25.1 Å². The van der Waals surface area contributed by atoms with E-state index >= 15 is 0 Å². The fourth-order valence-corrected chi connectivity index (χ4v) is 2.68. The molecule has 2 N–H and O–H groups in total. The van der Waals surface area contributed by atoms with Gasteiger partial charge >= 0.3 is 0 Å². The molecule has 1 aromatic carbocycles. The smallest absolute Gasteiger partial charge is 0.0515 e. The van der Waals surface area contributed by atoms with Crippen LogP contribution in [-0.2, 0) is 19.9 Å². The maximum atomic E-state index is 5.63. The van der Waals surface area contributed by atoms with Gasteiger partial charge in [-0.05, 0) is 43.9 Å². The molecule has 0 unspecified atom stereocenters. The zero-order valence-electron chi connectivity index (χ0n) is 11.1. The minimum Gasteiger partial charge on any atom is -0.347 e. The first-order valence-electron chi connectivity index (χ1n) is 6.46. The summed E-state index contributed by atoms with van der Waals surface area (Å²) in [7, 11) is 2.17. The Balaban J connectivity index is 2.64. The lowest BCUT2D eigenvalue weighted by Gasteiger charge is -2.03. The minimum atomic E-state index is 0.767. The number of para-hydroxylation sites is 1. The van der Waals surface area contributed by atoms with E-state index in [1.807, 2.05) is 0 Å². The summed E-state index contributed by atoms with van der Waals surface area (Å²) >= 11 is 0. The quantitative estimate of drug-likeness (QED) is 0.860. The summed E-state index contributed by atoms with van der Waals surface area (Å²) in [4.78, 5) is 0. The Kier molecular flexibility index (Phi) is 3.53. The molecule has 0 atom stereocenters. The lowest BCUT2D eigenvalue weighted by molar-refractivity contribution is 0.815. The SMILES string of the molecule is CCc1cccc2c(CCCN)c(C)n(C)c12. The maximum Gasteiger partial charge on any atom is 0.0515 e. The molecular formula is C15H22N2. The average Bonchev–Trinajstić information content (AvgIpc) is 2.60. The van der Waals surface area contributed by atoms with Crippen LogP contribution in [-0.4, -0.2) is 11.1 Å². The highest BCUT2D eigenvalue weighted by Crippen LogP contribution is 2.28. The number of aryl methyl sites for hydroxylation is 3. The zero-order valence-corrected chi connectivity index (χ0v) is 11.1. The summed E-state index contributed by atoms with van der Waals surface area (Å²) < 4.78 is 2.33. The van der Waals surface area contributed by atoms with Gasteiger partial charge in [-0.15, -0.1) is 0 Å². The molecule has 0 saturated heterocycles. The highest BCUT2D eigenvalue weighted by Gasteiger charge is 2.13. The van der Waals surface area contributed by atoms with Crippen LogP contribution in [0.25, 0.3) is 10.9 Å². The van der Waals surface area contributed by atoms with E-state index in [4.69, 9.17) is 5.73 Å². The molecule has 2 heteroatoms. The Morgan fingerprint density at radius 1 is 1.29 bits per heavy atom. The Bertz CT molecular complexity index is 523. The molecule has 0 aliphatic heterocycles. The number of nitrogens with two attached hydrogens (primary N) is 1. The number of hydrogen-bond donors (Lipinski definition) is 1. The van der Waals surface area contributed by atoms with Gasteiger partial charge in [-0.2, -0.15) is 0 Å². The number of hydrogen-bond acceptors (Lipinski definition) is 1. The van der Waals surface area contributed by atoms with Crippen LogP contribution in [0.1, 0.15) is 30.2 Å². The van der Waals surface area contributed by atoms with Gasteiger partial charge in [-0.25, -0.2) is 0 Å². The Hall–Kier alpha value is -1.28. The third-order valence-electron chi connectivity index (χ3n) is 3.73. The van der Waals surface area contributed by atoms with Crippen molar-refractivity contribution in [2.24, 2.45) is 12.8 Å². The Morgan fingerprint density at radius 3 is 2.71 bits per heavy atom. The lowest BCUT2D eigenvalue weighted by atomic mass is 10.0. The highest BCUT2D eigenvalue weighted by atomic mass is 14.9. The van der Waals surface area contributed by atoms with Crippen LogP contribution in [0, 0.1) is 6.92 Å². The summed E-state index contributed by atoms with van der Waals surface area (Å²) in [6, 6.07) is 6.65. The topological polar surface area (TPSA) is 30.9 Å². The predicted molar refractivity (Wildman–Crippen MR) is 74.4 cm³/mol. The zero-order chi connectivity index (χ0) is 12.4. The minimum absolute atomic E-state index is 0.767. The molecule has 0 spiro atoms. The van der Waals surface area contributed by atoms with E-state index in [0.717, 1.165) is 25.8 Å². The van der Waals surface area contributed by atoms with Gasteiger partial charge in [0.1, 0.15) is 0 Å². The molecule has 1 aromatic heterocycles. The van der Waals surface area contributed by atoms with Gasteiger partial charge in [-0.3, -0.25) is 0 Å². The van der Waals surface area contributed by atoms with Gasteiger partial charge in [0, 0.05) is 18.1 Å². The fraction of sp³-hybridized carbons (Fsp3) is 0.467. The second-order valence-electron chi connectivity index (χ2n) is 4.68. The third-order valence-corrected chi connectivity index (χ3v) is 3.73. The Labute approximate surface area is 103 Å². The second-order valence-corrected chi connectivity index (χ2v) is 4.68. The van der Waals surface area contributed by atoms with Crippen LogP contribution in [0.5, 0.6) is 0 Å². The van der Waals surface area contributed by atoms with Crippen molar-refractivity contribution < 1.29 is 0 Å². The van der Waals surface area contributed by atoms with Gasteiger partial charge in [0.05, 0.1) is 5.52 Å². The number of rotatable bonds is 4. The van der Waals surface area contributed by atoms with Crippen molar-refractivity contribution >= 4 is 10.9 Å². The molecule has 2 rings (SSSR count). The summed E-state index contributed by atoms with van der Waals surface area (Å²) in [6.07, 6.45) is 3.24. The average molecular weight is 230 g/mol. The van der Waals surface area contributed by atoms with Crippen molar-refractivity contribution in [3.8, 4) is 0 Å². The highest BCUT2D eigenvalue weighted by molar-refractivity contribution is 5.88. The van der Waals surface area contributed by atoms with Crippen LogP contribution < -0.4 is 5.73 Å². The third kappa shape index (κ3) is 1.98. The second kappa shape index (κ2) is 4.92. The molecule has 92 valence electrons. The summed E-state index contributed by atoms with van der Waals surface area (Å²) in [5, 5.41) is 1.41. The largest absolute Gasteiger partial charge is 0.347 e. The van der Waals surface area contributed by atoms with Crippen LogP contribution in [0.15, 0.2) is 18.2 Å². The molecule has 0 fully saturated rings. The summed E-state index contributed by atoms with van der Waals surface area (Å²) in [5.41, 5.74) is 11.3. The van der Waals surface area contributed by atoms with Gasteiger partial charge in [0.15, 0.2) is 0 Å². The van der Waals surface area contributed by atoms with Crippen molar-refractivity contribution in [1.29, 1.82) is 0 Å². The molecule has 0 amide bonds. The van der Waals surface area contributed by atoms with E-state index in [-0.39, 0.29) is 0 Å². The maximum absolute atomic E-state index is 5.63. The van der Waals surface area contributed by atoms with Crippen molar-refractivity contribution in [2.75, 3.05) is 6.54 Å². The van der Waals surface area contributed by atoms with Crippen molar-refractivity contribution in [2.45, 2.75) is 33.1 Å². The van der Waals surface area contributed by atoms with Crippen LogP contribution in [0.3, 0.4) is 0 Å². The van der Waals surface area contributed by atoms with Crippen LogP contribution in [0.2, 0.25) is 0 Å². The number of aromatic nitrogens is 1. The molecule has 2 nitrogen and oxygen atoms in total. The van der Waals surface area contributed by atoms with Crippen molar-refractivity contribution in [3.63, 3.8) is 0 Å². The van der Waals surface area contributed by atoms with Crippen LogP contribution >= 0.6 is 0 Å². The molecule has 1 heterocycles. The van der Waals surface area contributed by atoms with E-state index < -0.39 is 0 Å². The first kappa shape index (κ1) is 12.2. The van der Waals surface area contributed by atoms with Crippen molar-refractivity contribution in [3.05, 3.63) is 35.0 Å². The number of fused-ring (bicyclic) bond motifs is 1. The number of nitrogens with zero attached hydrogens (tertiary/aromatic N) is 1. The number of benzene rings is 1. The summed E-state index contributed by atoms with van der Waals surface area (Å²) in [5.74, 6) is 0.